The van der Waals surface area contributed by atoms with E-state index in [0.717, 1.165) is 49.1 Å². The number of aromatic amines is 1. The molecule has 0 spiro atoms. The van der Waals surface area contributed by atoms with Crippen molar-refractivity contribution < 1.29 is 13.9 Å². The highest BCUT2D eigenvalue weighted by atomic mass is 19.1. The van der Waals surface area contributed by atoms with Crippen LogP contribution >= 0.6 is 0 Å². The van der Waals surface area contributed by atoms with Crippen molar-refractivity contribution in [1.82, 2.24) is 30.3 Å². The summed E-state index contributed by atoms with van der Waals surface area (Å²) in [4.78, 5) is 28.9. The van der Waals surface area contributed by atoms with Crippen LogP contribution in [0, 0.1) is 5.82 Å². The second-order valence-corrected chi connectivity index (χ2v) is 8.48. The van der Waals surface area contributed by atoms with E-state index in [1.807, 2.05) is 24.3 Å². The molecule has 0 unspecified atom stereocenters. The number of anilines is 1. The van der Waals surface area contributed by atoms with E-state index < -0.39 is 11.7 Å². The van der Waals surface area contributed by atoms with Crippen molar-refractivity contribution in [3.63, 3.8) is 0 Å². The SMILES string of the molecule is COc1ncc(F)cc1C(=O)NCc1ccc(-c2nn(C3CCCC3)c3c(=O)[nH]nc(N)c23)cc1. The van der Waals surface area contributed by atoms with E-state index in [-0.39, 0.29) is 35.4 Å². The molecule has 10 nitrogen and oxygen atoms in total. The lowest BCUT2D eigenvalue weighted by molar-refractivity contribution is 0.0946. The maximum atomic E-state index is 13.5. The molecule has 1 amide bonds. The number of carbonyl (C=O) groups is 1. The first-order valence-electron chi connectivity index (χ1n) is 11.3. The number of halogens is 1. The highest BCUT2D eigenvalue weighted by molar-refractivity contribution is 5.99. The highest BCUT2D eigenvalue weighted by Crippen LogP contribution is 2.36. The molecule has 0 saturated heterocycles. The number of H-pyrrole nitrogens is 1. The Bertz CT molecular complexity index is 1460. The number of hydrogen-bond donors (Lipinski definition) is 3. The van der Waals surface area contributed by atoms with Gasteiger partial charge < -0.3 is 15.8 Å². The number of ether oxygens (including phenoxy) is 1. The van der Waals surface area contributed by atoms with Crippen molar-refractivity contribution in [2.75, 3.05) is 12.8 Å². The number of amides is 1. The molecule has 5 rings (SSSR count). The van der Waals surface area contributed by atoms with Crippen molar-refractivity contribution in [2.45, 2.75) is 38.3 Å². The summed E-state index contributed by atoms with van der Waals surface area (Å²) in [6.45, 7) is 0.208. The van der Waals surface area contributed by atoms with Crippen molar-refractivity contribution in [1.29, 1.82) is 0 Å². The van der Waals surface area contributed by atoms with Crippen LogP contribution in [0.15, 0.2) is 41.3 Å². The third-order valence-electron chi connectivity index (χ3n) is 6.27. The zero-order valence-electron chi connectivity index (χ0n) is 19.0. The van der Waals surface area contributed by atoms with Crippen molar-refractivity contribution >= 4 is 22.6 Å². The largest absolute Gasteiger partial charge is 0.480 e. The smallest absolute Gasteiger partial charge is 0.290 e. The second-order valence-electron chi connectivity index (χ2n) is 8.48. The van der Waals surface area contributed by atoms with Gasteiger partial charge in [0.25, 0.3) is 11.5 Å². The second kappa shape index (κ2) is 9.16. The zero-order chi connectivity index (χ0) is 24.5. The van der Waals surface area contributed by atoms with E-state index in [0.29, 0.717) is 16.6 Å². The van der Waals surface area contributed by atoms with Crippen molar-refractivity contribution in [2.24, 2.45) is 0 Å². The molecule has 1 fully saturated rings. The van der Waals surface area contributed by atoms with Crippen LogP contribution in [-0.4, -0.2) is 38.0 Å². The molecule has 4 N–H and O–H groups in total. The van der Waals surface area contributed by atoms with Crippen LogP contribution in [-0.2, 0) is 6.54 Å². The number of benzene rings is 1. The Kier molecular flexibility index (Phi) is 5.89. The average Bonchev–Trinajstić information content (AvgIpc) is 3.54. The molecule has 0 aliphatic heterocycles. The highest BCUT2D eigenvalue weighted by Gasteiger charge is 2.25. The molecule has 1 saturated carbocycles. The molecule has 35 heavy (non-hydrogen) atoms. The number of aromatic nitrogens is 5. The van der Waals surface area contributed by atoms with Gasteiger partial charge in [-0.25, -0.2) is 14.5 Å². The third-order valence-corrected chi connectivity index (χ3v) is 6.27. The van der Waals surface area contributed by atoms with Gasteiger partial charge in [0.15, 0.2) is 5.82 Å². The first-order chi connectivity index (χ1) is 17.0. The number of carbonyl (C=O) groups excluding carboxylic acids is 1. The van der Waals surface area contributed by atoms with Gasteiger partial charge in [0.05, 0.1) is 24.7 Å². The fourth-order valence-corrected chi connectivity index (χ4v) is 4.54. The van der Waals surface area contributed by atoms with E-state index in [9.17, 15) is 14.0 Å². The van der Waals surface area contributed by atoms with Crippen LogP contribution in [0.25, 0.3) is 22.2 Å². The molecule has 0 bridgehead atoms. The van der Waals surface area contributed by atoms with Gasteiger partial charge in [0.1, 0.15) is 22.6 Å². The molecule has 1 aliphatic rings. The molecule has 3 heterocycles. The minimum atomic E-state index is -0.628. The van der Waals surface area contributed by atoms with Gasteiger partial charge in [0, 0.05) is 12.1 Å². The predicted octanol–water partition coefficient (Wildman–Crippen LogP) is 2.96. The Morgan fingerprint density at radius 2 is 2.03 bits per heavy atom. The van der Waals surface area contributed by atoms with Gasteiger partial charge in [0.2, 0.25) is 5.88 Å². The summed E-state index contributed by atoms with van der Waals surface area (Å²) in [5, 5.41) is 14.5. The third kappa shape index (κ3) is 4.20. The summed E-state index contributed by atoms with van der Waals surface area (Å²) in [6.07, 6.45) is 5.10. The number of nitrogens with two attached hydrogens (primary N) is 1. The molecule has 3 aromatic heterocycles. The van der Waals surface area contributed by atoms with E-state index in [1.54, 1.807) is 4.68 Å². The van der Waals surface area contributed by atoms with Crippen LogP contribution in [0.3, 0.4) is 0 Å². The van der Waals surface area contributed by atoms with E-state index >= 15 is 0 Å². The van der Waals surface area contributed by atoms with Crippen LogP contribution in [0.4, 0.5) is 10.2 Å². The van der Waals surface area contributed by atoms with Crippen LogP contribution in [0.1, 0.15) is 47.6 Å². The van der Waals surface area contributed by atoms with Crippen LogP contribution in [0.5, 0.6) is 5.88 Å². The van der Waals surface area contributed by atoms with Crippen LogP contribution in [0.2, 0.25) is 0 Å². The number of methoxy groups -OCH3 is 1. The summed E-state index contributed by atoms with van der Waals surface area (Å²) < 4.78 is 20.4. The Labute approximate surface area is 199 Å². The minimum absolute atomic E-state index is 0.0150. The number of pyridine rings is 1. The quantitative estimate of drug-likeness (QED) is 0.388. The lowest BCUT2D eigenvalue weighted by Crippen LogP contribution is -2.23. The zero-order valence-corrected chi connectivity index (χ0v) is 19.0. The van der Waals surface area contributed by atoms with Gasteiger partial charge in [-0.1, -0.05) is 37.1 Å². The number of nitrogens with one attached hydrogen (secondary N) is 2. The maximum absolute atomic E-state index is 13.5. The van der Waals surface area contributed by atoms with Crippen molar-refractivity contribution in [3.8, 4) is 17.1 Å². The first kappa shape index (κ1) is 22.5. The van der Waals surface area contributed by atoms with Gasteiger partial charge >= 0.3 is 0 Å². The lowest BCUT2D eigenvalue weighted by atomic mass is 10.1. The molecular formula is C24H24FN7O3. The number of rotatable bonds is 6. The lowest BCUT2D eigenvalue weighted by Gasteiger charge is -2.10. The topological polar surface area (TPSA) is 141 Å². The molecule has 4 aromatic rings. The summed E-state index contributed by atoms with van der Waals surface area (Å²) in [5.74, 6) is -0.868. The van der Waals surface area contributed by atoms with Crippen molar-refractivity contribution in [3.05, 3.63) is 63.8 Å². The Morgan fingerprint density at radius 1 is 1.29 bits per heavy atom. The molecule has 0 radical (unpaired) electrons. The molecular weight excluding hydrogens is 453 g/mol. The average molecular weight is 478 g/mol. The monoisotopic (exact) mass is 477 g/mol. The summed E-state index contributed by atoms with van der Waals surface area (Å²) in [7, 11) is 1.36. The summed E-state index contributed by atoms with van der Waals surface area (Å²) in [6, 6.07) is 8.62. The predicted molar refractivity (Wildman–Crippen MR) is 127 cm³/mol. The molecule has 0 atom stereocenters. The summed E-state index contributed by atoms with van der Waals surface area (Å²) in [5.41, 5.74) is 8.47. The van der Waals surface area contributed by atoms with E-state index in [2.05, 4.69) is 20.5 Å². The Hall–Kier alpha value is -4.28. The summed E-state index contributed by atoms with van der Waals surface area (Å²) >= 11 is 0. The Balaban J connectivity index is 1.41. The normalized spacial score (nSPS) is 13.9. The first-order valence-corrected chi connectivity index (χ1v) is 11.3. The maximum Gasteiger partial charge on any atom is 0.290 e. The van der Waals surface area contributed by atoms with Gasteiger partial charge in [-0.15, -0.1) is 0 Å². The fourth-order valence-electron chi connectivity index (χ4n) is 4.54. The van der Waals surface area contributed by atoms with E-state index in [1.165, 1.54) is 7.11 Å². The van der Waals surface area contributed by atoms with Gasteiger partial charge in [-0.2, -0.15) is 10.2 Å². The molecule has 1 aliphatic carbocycles. The Morgan fingerprint density at radius 3 is 2.74 bits per heavy atom. The number of fused-ring (bicyclic) bond motifs is 1. The number of nitrogens with zero attached hydrogens (tertiary/aromatic N) is 4. The molecule has 1 aromatic carbocycles. The van der Waals surface area contributed by atoms with E-state index in [4.69, 9.17) is 15.6 Å². The number of hydrogen-bond acceptors (Lipinski definition) is 7. The molecule has 180 valence electrons. The van der Waals surface area contributed by atoms with Crippen LogP contribution < -0.4 is 21.3 Å². The number of nitrogen functional groups attached to an aromatic ring is 1. The molecule has 11 heteroatoms. The van der Waals surface area contributed by atoms with Gasteiger partial charge in [-0.3, -0.25) is 14.3 Å². The minimum Gasteiger partial charge on any atom is -0.480 e. The fraction of sp³-hybridized carbons (Fsp3) is 0.292. The van der Waals surface area contributed by atoms with Gasteiger partial charge in [-0.05, 0) is 24.5 Å². The standard InChI is InChI=1S/C24H24FN7O3/c1-35-24-17(10-15(25)12-28-24)22(33)27-11-13-6-8-14(9-7-13)19-18-20(23(34)30-29-21(18)26)32(31-19)16-4-2-3-5-16/h6-10,12,16H,2-5,11H2,1H3,(H2,26,29)(H,27,33)(H,30,34).